The van der Waals surface area contributed by atoms with E-state index in [1.165, 1.54) is 43.8 Å². The number of aromatic nitrogens is 6. The van der Waals surface area contributed by atoms with Crippen LogP contribution in [0.1, 0.15) is 74.3 Å². The number of aryl methyl sites for hydroxylation is 4. The van der Waals surface area contributed by atoms with Crippen molar-refractivity contribution in [3.63, 3.8) is 0 Å². The van der Waals surface area contributed by atoms with E-state index in [9.17, 15) is 27.6 Å². The molecular weight excluding hydrogens is 826 g/mol. The summed E-state index contributed by atoms with van der Waals surface area (Å²) in [6.45, 7) is 7.09. The molecule has 8 rings (SSSR count). The number of nitrogens with zero attached hydrogens (tertiary/aromatic N) is 6. The van der Waals surface area contributed by atoms with E-state index >= 15 is 0 Å². The molecule has 64 heavy (non-hydrogen) atoms. The molecule has 6 aromatic rings. The van der Waals surface area contributed by atoms with Gasteiger partial charge in [0.2, 0.25) is 0 Å². The predicted molar refractivity (Wildman–Crippen MR) is 228 cm³/mol. The minimum Gasteiger partial charge on any atom is -0.489 e. The van der Waals surface area contributed by atoms with Crippen LogP contribution in [0.2, 0.25) is 0 Å². The second-order valence-corrected chi connectivity index (χ2v) is 16.3. The Kier molecular flexibility index (Phi) is 13.6. The molecule has 4 aromatic heterocycles. The number of Topliss-reactive ketones (excluding diaryl/α,β-unsaturated/α-hetero) is 2. The third-order valence-corrected chi connectivity index (χ3v) is 11.8. The topological polar surface area (TPSA) is 156 Å². The van der Waals surface area contributed by atoms with Crippen LogP contribution in [0, 0.1) is 51.2 Å². The van der Waals surface area contributed by atoms with Crippen molar-refractivity contribution in [2.75, 3.05) is 20.3 Å². The Balaban J connectivity index is 0.000000192. The van der Waals surface area contributed by atoms with Crippen LogP contribution in [0.3, 0.4) is 0 Å². The van der Waals surface area contributed by atoms with Gasteiger partial charge in [0.05, 0.1) is 49.7 Å². The summed E-state index contributed by atoms with van der Waals surface area (Å²) in [6.07, 6.45) is 7.42. The fraction of sp³-hybridized carbons (Fsp3) is 0.327. The van der Waals surface area contributed by atoms with Crippen LogP contribution in [0.5, 0.6) is 11.5 Å². The normalized spacial score (nSPS) is 19.4. The first-order chi connectivity index (χ1) is 30.7. The van der Waals surface area contributed by atoms with E-state index in [0.29, 0.717) is 69.9 Å². The number of rotatable bonds is 16. The lowest BCUT2D eigenvalue weighted by Crippen LogP contribution is -2.25. The summed E-state index contributed by atoms with van der Waals surface area (Å²) < 4.78 is 57.4. The van der Waals surface area contributed by atoms with Gasteiger partial charge < -0.3 is 14.2 Å². The summed E-state index contributed by atoms with van der Waals surface area (Å²) in [6, 6.07) is 19.1. The Morgan fingerprint density at radius 2 is 1.12 bits per heavy atom. The standard InChI is InChI=1S/C25H24FN3O4.C24H23F2N3O2/c1-15-23(13-27-16(2)29-15)33-14-25(18-5-4-6-19(26)9-18)11-21(25)22(30)10-20-8-7-17(12-28-20)24(31)32-3;1-15-23(13-27-16(2)29-15)31-14-24(18-4-3-5-19(26)8-18)10-21(24)22(30)9-20-7-6-17(11-25)12-28-20/h4-9,12-13,21H,10-11,14H2,1-3H3;3-8,12-13,21H,9-11,14H2,1-2H3/t21-,25+;21-,24+/m00/s1. The van der Waals surface area contributed by atoms with Crippen LogP contribution in [0.25, 0.3) is 0 Å². The number of halogens is 3. The summed E-state index contributed by atoms with van der Waals surface area (Å²) in [5.41, 5.74) is 3.55. The van der Waals surface area contributed by atoms with E-state index in [2.05, 4.69) is 34.6 Å². The molecule has 0 spiro atoms. The van der Waals surface area contributed by atoms with Crippen molar-refractivity contribution in [1.82, 2.24) is 29.9 Å². The molecule has 2 aromatic carbocycles. The highest BCUT2D eigenvalue weighted by Crippen LogP contribution is 2.56. The SMILES string of the molecule is COC(=O)c1ccc(CC(=O)[C@@H]2C[C@@]2(COc2cnc(C)nc2C)c2cccc(F)c2)nc1.Cc1ncc(OC[C@@]2(c3cccc(F)c3)C[C@H]2C(=O)Cc2ccc(CF)cn2)c(C)n1. The van der Waals surface area contributed by atoms with Gasteiger partial charge in [-0.25, -0.2) is 37.9 Å². The van der Waals surface area contributed by atoms with Gasteiger partial charge in [-0.3, -0.25) is 19.6 Å². The van der Waals surface area contributed by atoms with Crippen LogP contribution in [-0.2, 0) is 44.7 Å². The maximum absolute atomic E-state index is 14.0. The molecule has 4 heterocycles. The average Bonchev–Trinajstić information content (AvgIpc) is 4.21. The molecule has 0 amide bonds. The summed E-state index contributed by atoms with van der Waals surface area (Å²) in [5.74, 6) is 0.506. The van der Waals surface area contributed by atoms with Crippen molar-refractivity contribution in [1.29, 1.82) is 0 Å². The van der Waals surface area contributed by atoms with Crippen LogP contribution >= 0.6 is 0 Å². The number of hydrogen-bond donors (Lipinski definition) is 0. The largest absolute Gasteiger partial charge is 0.489 e. The third-order valence-electron chi connectivity index (χ3n) is 11.8. The maximum atomic E-state index is 14.0. The van der Waals surface area contributed by atoms with E-state index in [4.69, 9.17) is 9.47 Å². The zero-order valence-corrected chi connectivity index (χ0v) is 36.1. The molecular formula is C49H47F3N6O6. The van der Waals surface area contributed by atoms with Crippen molar-refractivity contribution >= 4 is 17.5 Å². The Hall–Kier alpha value is -6.90. The molecule has 2 fully saturated rings. The molecule has 0 saturated heterocycles. The van der Waals surface area contributed by atoms with Gasteiger partial charge in [-0.1, -0.05) is 30.3 Å². The lowest BCUT2D eigenvalue weighted by atomic mass is 9.91. The van der Waals surface area contributed by atoms with Gasteiger partial charge >= 0.3 is 5.97 Å². The number of carbonyl (C=O) groups excluding carboxylic acids is 3. The van der Waals surface area contributed by atoms with Gasteiger partial charge in [-0.15, -0.1) is 0 Å². The van der Waals surface area contributed by atoms with E-state index in [1.807, 2.05) is 26.0 Å². The number of carbonyl (C=O) groups is 3. The van der Waals surface area contributed by atoms with Gasteiger partial charge in [-0.05, 0) is 94.1 Å². The van der Waals surface area contributed by atoms with Crippen molar-refractivity contribution in [2.24, 2.45) is 11.8 Å². The number of alkyl halides is 1. The molecule has 2 aliphatic carbocycles. The number of pyridine rings is 2. The molecule has 15 heteroatoms. The minimum atomic E-state index is -0.636. The molecule has 0 bridgehead atoms. The lowest BCUT2D eigenvalue weighted by molar-refractivity contribution is -0.121. The monoisotopic (exact) mass is 872 g/mol. The summed E-state index contributed by atoms with van der Waals surface area (Å²) >= 11 is 0. The molecule has 2 saturated carbocycles. The molecule has 0 unspecified atom stereocenters. The molecule has 0 aliphatic heterocycles. The van der Waals surface area contributed by atoms with Gasteiger partial charge in [-0.2, -0.15) is 0 Å². The first-order valence-electron chi connectivity index (χ1n) is 20.7. The number of esters is 1. The molecule has 2 aliphatic rings. The van der Waals surface area contributed by atoms with Crippen LogP contribution in [0.4, 0.5) is 13.2 Å². The molecule has 0 N–H and O–H groups in total. The zero-order valence-electron chi connectivity index (χ0n) is 36.1. The second kappa shape index (κ2) is 19.2. The second-order valence-electron chi connectivity index (χ2n) is 16.3. The quantitative estimate of drug-likeness (QED) is 0.0871. The van der Waals surface area contributed by atoms with Crippen LogP contribution in [0.15, 0.2) is 97.6 Å². The van der Waals surface area contributed by atoms with Gasteiger partial charge in [0.15, 0.2) is 11.5 Å². The van der Waals surface area contributed by atoms with Crippen molar-refractivity contribution in [3.8, 4) is 11.5 Å². The van der Waals surface area contributed by atoms with Crippen molar-refractivity contribution in [2.45, 2.75) is 70.9 Å². The van der Waals surface area contributed by atoms with E-state index in [0.717, 1.165) is 11.1 Å². The maximum Gasteiger partial charge on any atom is 0.339 e. The minimum absolute atomic E-state index is 0.00485. The molecule has 330 valence electrons. The number of ether oxygens (including phenoxy) is 3. The van der Waals surface area contributed by atoms with Gasteiger partial charge in [0, 0.05) is 64.9 Å². The highest BCUT2D eigenvalue weighted by Gasteiger charge is 2.60. The summed E-state index contributed by atoms with van der Waals surface area (Å²) in [5, 5.41) is 0. The van der Waals surface area contributed by atoms with Crippen molar-refractivity contribution < 1.29 is 41.8 Å². The van der Waals surface area contributed by atoms with E-state index < -0.39 is 23.5 Å². The first kappa shape index (κ1) is 45.1. The summed E-state index contributed by atoms with van der Waals surface area (Å²) in [7, 11) is 1.30. The van der Waals surface area contributed by atoms with E-state index in [-0.39, 0.29) is 61.1 Å². The Bertz CT molecular complexity index is 2670. The Morgan fingerprint density at radius 1 is 0.641 bits per heavy atom. The Morgan fingerprint density at radius 3 is 1.52 bits per heavy atom. The number of benzene rings is 2. The van der Waals surface area contributed by atoms with E-state index in [1.54, 1.807) is 62.6 Å². The van der Waals surface area contributed by atoms with Crippen LogP contribution < -0.4 is 9.47 Å². The van der Waals surface area contributed by atoms with Gasteiger partial charge in [0.1, 0.15) is 41.5 Å². The number of hydrogen-bond acceptors (Lipinski definition) is 12. The zero-order chi connectivity index (χ0) is 45.6. The fourth-order valence-corrected chi connectivity index (χ4v) is 8.03. The lowest BCUT2D eigenvalue weighted by Gasteiger charge is -2.19. The predicted octanol–water partition coefficient (Wildman–Crippen LogP) is 7.81. The van der Waals surface area contributed by atoms with Gasteiger partial charge in [0.25, 0.3) is 0 Å². The Labute approximate surface area is 368 Å². The molecule has 4 atom stereocenters. The molecule has 0 radical (unpaired) electrons. The van der Waals surface area contributed by atoms with Crippen molar-refractivity contribution in [3.05, 3.63) is 166 Å². The fourth-order valence-electron chi connectivity index (χ4n) is 8.03. The van der Waals surface area contributed by atoms with Crippen LogP contribution in [-0.4, -0.2) is 67.8 Å². The number of methoxy groups -OCH3 is 1. The first-order valence-corrected chi connectivity index (χ1v) is 20.7. The summed E-state index contributed by atoms with van der Waals surface area (Å²) in [4.78, 5) is 63.1. The third kappa shape index (κ3) is 10.3. The number of ketones is 2. The highest BCUT2D eigenvalue weighted by molar-refractivity contribution is 5.90. The average molecular weight is 873 g/mol. The molecule has 12 nitrogen and oxygen atoms in total. The smallest absolute Gasteiger partial charge is 0.339 e. The highest BCUT2D eigenvalue weighted by atomic mass is 19.1.